The maximum Gasteiger partial charge on any atom is 0.260 e. The van der Waals surface area contributed by atoms with E-state index in [-0.39, 0.29) is 24.5 Å². The summed E-state index contributed by atoms with van der Waals surface area (Å²) in [6, 6.07) is 5.26. The summed E-state index contributed by atoms with van der Waals surface area (Å²) >= 11 is 9.34. The fourth-order valence-electron chi connectivity index (χ4n) is 2.18. The highest BCUT2D eigenvalue weighted by Gasteiger charge is 2.27. The van der Waals surface area contributed by atoms with Crippen molar-refractivity contribution >= 4 is 33.4 Å². The van der Waals surface area contributed by atoms with Crippen molar-refractivity contribution in [3.05, 3.63) is 27.7 Å². The molecule has 2 unspecified atom stereocenters. The molecule has 0 aromatic heterocycles. The fourth-order valence-corrected chi connectivity index (χ4v) is 2.91. The summed E-state index contributed by atoms with van der Waals surface area (Å²) in [4.78, 5) is 13.8. The van der Waals surface area contributed by atoms with Crippen molar-refractivity contribution in [3.8, 4) is 5.75 Å². The molecule has 0 spiro atoms. The quantitative estimate of drug-likeness (QED) is 0.899. The number of rotatable bonds is 3. The number of likely N-dealkylation sites (tertiary alicyclic amines) is 1. The highest BCUT2D eigenvalue weighted by Crippen LogP contribution is 2.27. The van der Waals surface area contributed by atoms with Crippen molar-refractivity contribution in [1.29, 1.82) is 0 Å². The number of piperidine rings is 1. The molecule has 2 atom stereocenters. The van der Waals surface area contributed by atoms with Crippen LogP contribution >= 0.6 is 27.5 Å². The molecule has 6 heteroatoms. The molecule has 20 heavy (non-hydrogen) atoms. The molecule has 1 fully saturated rings. The standard InChI is InChI=1S/C14H17BrClNO3/c1-9-7-17(5-4-12(9)18)14(19)8-20-13-3-2-10(15)6-11(13)16/h2-3,6,9,12,18H,4-5,7-8H2,1H3. The van der Waals surface area contributed by atoms with Crippen LogP contribution in [0.5, 0.6) is 5.75 Å². The normalized spacial score (nSPS) is 22.7. The van der Waals surface area contributed by atoms with E-state index < -0.39 is 0 Å². The number of aliphatic hydroxyl groups excluding tert-OH is 1. The number of carbonyl (C=O) groups excluding carboxylic acids is 1. The molecule has 4 nitrogen and oxygen atoms in total. The molecule has 1 saturated heterocycles. The molecule has 1 N–H and O–H groups in total. The molecule has 2 rings (SSSR count). The van der Waals surface area contributed by atoms with Gasteiger partial charge in [-0.2, -0.15) is 0 Å². The summed E-state index contributed by atoms with van der Waals surface area (Å²) in [5.74, 6) is 0.514. The van der Waals surface area contributed by atoms with Crippen molar-refractivity contribution in [3.63, 3.8) is 0 Å². The highest BCUT2D eigenvalue weighted by atomic mass is 79.9. The Morgan fingerprint density at radius 1 is 1.60 bits per heavy atom. The molecule has 1 aliphatic rings. The van der Waals surface area contributed by atoms with E-state index in [9.17, 15) is 9.90 Å². The van der Waals surface area contributed by atoms with Gasteiger partial charge in [-0.25, -0.2) is 0 Å². The van der Waals surface area contributed by atoms with Gasteiger partial charge in [0.1, 0.15) is 5.75 Å². The third-order valence-electron chi connectivity index (χ3n) is 3.46. The zero-order valence-corrected chi connectivity index (χ0v) is 13.5. The van der Waals surface area contributed by atoms with Crippen LogP contribution in [0.25, 0.3) is 0 Å². The van der Waals surface area contributed by atoms with E-state index in [4.69, 9.17) is 16.3 Å². The van der Waals surface area contributed by atoms with Gasteiger partial charge in [0.15, 0.2) is 6.61 Å². The number of hydrogen-bond donors (Lipinski definition) is 1. The third kappa shape index (κ3) is 3.87. The monoisotopic (exact) mass is 361 g/mol. The Morgan fingerprint density at radius 2 is 2.35 bits per heavy atom. The predicted molar refractivity (Wildman–Crippen MR) is 81.0 cm³/mol. The van der Waals surface area contributed by atoms with E-state index in [0.29, 0.717) is 30.3 Å². The SMILES string of the molecule is CC1CN(C(=O)COc2ccc(Br)cc2Cl)CCC1O. The number of hydrogen-bond acceptors (Lipinski definition) is 3. The van der Waals surface area contributed by atoms with Gasteiger partial charge in [0, 0.05) is 17.6 Å². The first-order valence-electron chi connectivity index (χ1n) is 6.51. The van der Waals surface area contributed by atoms with Gasteiger partial charge in [0.25, 0.3) is 5.91 Å². The summed E-state index contributed by atoms with van der Waals surface area (Å²) in [6.45, 7) is 3.04. The van der Waals surface area contributed by atoms with Crippen LogP contribution in [0.3, 0.4) is 0 Å². The second kappa shape index (κ2) is 6.78. The molecule has 0 aliphatic carbocycles. The topological polar surface area (TPSA) is 49.8 Å². The van der Waals surface area contributed by atoms with Crippen molar-refractivity contribution in [1.82, 2.24) is 4.90 Å². The Labute approximate surface area is 131 Å². The van der Waals surface area contributed by atoms with Gasteiger partial charge in [0.2, 0.25) is 0 Å². The van der Waals surface area contributed by atoms with Crippen LogP contribution in [0.4, 0.5) is 0 Å². The van der Waals surface area contributed by atoms with Crippen LogP contribution in [-0.4, -0.2) is 41.7 Å². The summed E-state index contributed by atoms with van der Waals surface area (Å²) in [6.07, 6.45) is 0.298. The molecule has 0 bridgehead atoms. The zero-order chi connectivity index (χ0) is 14.7. The van der Waals surface area contributed by atoms with Crippen LogP contribution in [0.1, 0.15) is 13.3 Å². The van der Waals surface area contributed by atoms with Gasteiger partial charge in [-0.15, -0.1) is 0 Å². The number of halogens is 2. The van der Waals surface area contributed by atoms with Crippen LogP contribution in [0.15, 0.2) is 22.7 Å². The smallest absolute Gasteiger partial charge is 0.260 e. The molecule has 0 saturated carbocycles. The van der Waals surface area contributed by atoms with Crippen LogP contribution in [-0.2, 0) is 4.79 Å². The zero-order valence-electron chi connectivity index (χ0n) is 11.2. The molecular formula is C14H17BrClNO3. The second-order valence-corrected chi connectivity index (χ2v) is 6.36. The Kier molecular flexibility index (Phi) is 5.29. The lowest BCUT2D eigenvalue weighted by Crippen LogP contribution is -2.46. The third-order valence-corrected chi connectivity index (χ3v) is 4.25. The maximum atomic E-state index is 12.1. The molecular weight excluding hydrogens is 346 g/mol. The van der Waals surface area contributed by atoms with Crippen molar-refractivity contribution in [2.75, 3.05) is 19.7 Å². The summed E-state index contributed by atoms with van der Waals surface area (Å²) in [7, 11) is 0. The van der Waals surface area contributed by atoms with Gasteiger partial charge in [-0.3, -0.25) is 4.79 Å². The van der Waals surface area contributed by atoms with E-state index in [2.05, 4.69) is 15.9 Å². The lowest BCUT2D eigenvalue weighted by Gasteiger charge is -2.34. The predicted octanol–water partition coefficient (Wildman–Crippen LogP) is 2.71. The summed E-state index contributed by atoms with van der Waals surface area (Å²) in [5, 5.41) is 10.1. The lowest BCUT2D eigenvalue weighted by atomic mass is 9.97. The van der Waals surface area contributed by atoms with Crippen LogP contribution in [0.2, 0.25) is 5.02 Å². The van der Waals surface area contributed by atoms with E-state index in [1.54, 1.807) is 17.0 Å². The highest BCUT2D eigenvalue weighted by molar-refractivity contribution is 9.10. The van der Waals surface area contributed by atoms with E-state index in [0.717, 1.165) is 4.47 Å². The second-order valence-electron chi connectivity index (χ2n) is 5.04. The first-order chi connectivity index (χ1) is 9.47. The first-order valence-corrected chi connectivity index (χ1v) is 7.68. The number of ether oxygens (including phenoxy) is 1. The molecule has 0 radical (unpaired) electrons. The molecule has 110 valence electrons. The van der Waals surface area contributed by atoms with E-state index in [1.165, 1.54) is 0 Å². The Balaban J connectivity index is 1.89. The average molecular weight is 363 g/mol. The van der Waals surface area contributed by atoms with Gasteiger partial charge in [-0.1, -0.05) is 34.5 Å². The van der Waals surface area contributed by atoms with Gasteiger partial charge in [0.05, 0.1) is 11.1 Å². The molecule has 1 amide bonds. The number of benzene rings is 1. The Bertz CT molecular complexity index is 497. The Morgan fingerprint density at radius 3 is 3.00 bits per heavy atom. The number of nitrogens with zero attached hydrogens (tertiary/aromatic N) is 1. The van der Waals surface area contributed by atoms with Gasteiger partial charge >= 0.3 is 0 Å². The number of aliphatic hydroxyl groups is 1. The van der Waals surface area contributed by atoms with Crippen molar-refractivity contribution in [2.45, 2.75) is 19.4 Å². The molecule has 1 aromatic rings. The Hall–Kier alpha value is -0.780. The van der Waals surface area contributed by atoms with Gasteiger partial charge < -0.3 is 14.7 Å². The molecule has 1 heterocycles. The lowest BCUT2D eigenvalue weighted by molar-refractivity contribution is -0.136. The molecule has 1 aliphatic heterocycles. The minimum Gasteiger partial charge on any atom is -0.482 e. The summed E-state index contributed by atoms with van der Waals surface area (Å²) < 4.78 is 6.32. The average Bonchev–Trinajstić information content (AvgIpc) is 2.40. The van der Waals surface area contributed by atoms with Crippen molar-refractivity contribution < 1.29 is 14.6 Å². The minimum absolute atomic E-state index is 0.0375. The minimum atomic E-state index is -0.319. The fraction of sp³-hybridized carbons (Fsp3) is 0.500. The molecule has 1 aromatic carbocycles. The first kappa shape index (κ1) is 15.6. The van der Waals surface area contributed by atoms with Gasteiger partial charge in [-0.05, 0) is 30.5 Å². The van der Waals surface area contributed by atoms with E-state index in [1.807, 2.05) is 13.0 Å². The van der Waals surface area contributed by atoms with Crippen LogP contribution in [0, 0.1) is 5.92 Å². The largest absolute Gasteiger partial charge is 0.482 e. The number of carbonyl (C=O) groups is 1. The van der Waals surface area contributed by atoms with Crippen molar-refractivity contribution in [2.24, 2.45) is 5.92 Å². The van der Waals surface area contributed by atoms with Crippen LogP contribution < -0.4 is 4.74 Å². The number of amides is 1. The maximum absolute atomic E-state index is 12.1. The summed E-state index contributed by atoms with van der Waals surface area (Å²) in [5.41, 5.74) is 0. The van der Waals surface area contributed by atoms with E-state index >= 15 is 0 Å².